The molecule has 1 unspecified atom stereocenters. The standard InChI is InChI=1S/C14H18N2O2/c1-9(2)10(3)7-16-8-15-13-11(14(17)18)5-4-6-12(13)16/h4-6,8-10H,7H2,1-3H3,(H,17,18). The molecular formula is C14H18N2O2. The van der Waals surface area contributed by atoms with E-state index in [0.29, 0.717) is 17.4 Å². The fourth-order valence-electron chi connectivity index (χ4n) is 1.93. The van der Waals surface area contributed by atoms with Gasteiger partial charge in [0.25, 0.3) is 0 Å². The molecule has 2 rings (SSSR count). The molecule has 1 atom stereocenters. The summed E-state index contributed by atoms with van der Waals surface area (Å²) in [5.74, 6) is 0.184. The maximum Gasteiger partial charge on any atom is 0.337 e. The van der Waals surface area contributed by atoms with Gasteiger partial charge in [0.15, 0.2) is 0 Å². The zero-order valence-electron chi connectivity index (χ0n) is 10.9. The van der Waals surface area contributed by atoms with Crippen LogP contribution >= 0.6 is 0 Å². The molecule has 0 radical (unpaired) electrons. The molecule has 96 valence electrons. The summed E-state index contributed by atoms with van der Waals surface area (Å²) in [6.07, 6.45) is 1.73. The van der Waals surface area contributed by atoms with Crippen LogP contribution in [-0.4, -0.2) is 20.6 Å². The van der Waals surface area contributed by atoms with E-state index in [-0.39, 0.29) is 5.56 Å². The van der Waals surface area contributed by atoms with Gasteiger partial charge in [0.2, 0.25) is 0 Å². The number of carboxylic acids is 1. The number of benzene rings is 1. The maximum absolute atomic E-state index is 11.1. The van der Waals surface area contributed by atoms with E-state index in [9.17, 15) is 4.79 Å². The highest BCUT2D eigenvalue weighted by atomic mass is 16.4. The number of nitrogens with zero attached hydrogens (tertiary/aromatic N) is 2. The van der Waals surface area contributed by atoms with Gasteiger partial charge in [-0.25, -0.2) is 9.78 Å². The van der Waals surface area contributed by atoms with E-state index < -0.39 is 5.97 Å². The minimum Gasteiger partial charge on any atom is -0.478 e. The van der Waals surface area contributed by atoms with Crippen molar-refractivity contribution in [2.45, 2.75) is 27.3 Å². The summed E-state index contributed by atoms with van der Waals surface area (Å²) in [6.45, 7) is 7.42. The topological polar surface area (TPSA) is 55.1 Å². The molecule has 1 heterocycles. The Kier molecular flexibility index (Phi) is 3.36. The summed E-state index contributed by atoms with van der Waals surface area (Å²) in [7, 11) is 0. The summed E-state index contributed by atoms with van der Waals surface area (Å²) in [4.78, 5) is 15.3. The molecule has 0 spiro atoms. The largest absolute Gasteiger partial charge is 0.478 e. The number of fused-ring (bicyclic) bond motifs is 1. The van der Waals surface area contributed by atoms with Crippen molar-refractivity contribution >= 4 is 17.0 Å². The Morgan fingerprint density at radius 2 is 2.11 bits per heavy atom. The first-order valence-electron chi connectivity index (χ1n) is 6.18. The number of carbonyl (C=O) groups is 1. The first-order valence-corrected chi connectivity index (χ1v) is 6.18. The van der Waals surface area contributed by atoms with Gasteiger partial charge >= 0.3 is 5.97 Å². The number of aromatic nitrogens is 2. The molecule has 1 aromatic carbocycles. The van der Waals surface area contributed by atoms with Crippen LogP contribution in [0.4, 0.5) is 0 Å². The Labute approximate surface area is 106 Å². The molecule has 0 bridgehead atoms. The van der Waals surface area contributed by atoms with Crippen molar-refractivity contribution < 1.29 is 9.90 Å². The Morgan fingerprint density at radius 1 is 1.39 bits per heavy atom. The Hall–Kier alpha value is -1.84. The van der Waals surface area contributed by atoms with Crippen molar-refractivity contribution in [3.63, 3.8) is 0 Å². The van der Waals surface area contributed by atoms with Gasteiger partial charge in [-0.15, -0.1) is 0 Å². The average molecular weight is 246 g/mol. The zero-order valence-corrected chi connectivity index (χ0v) is 10.9. The predicted molar refractivity (Wildman–Crippen MR) is 70.7 cm³/mol. The van der Waals surface area contributed by atoms with Crippen molar-refractivity contribution in [2.24, 2.45) is 11.8 Å². The third-order valence-electron chi connectivity index (χ3n) is 3.50. The van der Waals surface area contributed by atoms with Crippen molar-refractivity contribution in [3.05, 3.63) is 30.1 Å². The van der Waals surface area contributed by atoms with Crippen LogP contribution < -0.4 is 0 Å². The van der Waals surface area contributed by atoms with E-state index in [4.69, 9.17) is 5.11 Å². The SMILES string of the molecule is CC(C)C(C)Cn1cnc2c(C(=O)O)cccc21. The van der Waals surface area contributed by atoms with Crippen LogP contribution in [0.25, 0.3) is 11.0 Å². The number of carboxylic acid groups (broad SMARTS) is 1. The van der Waals surface area contributed by atoms with E-state index in [1.54, 1.807) is 18.5 Å². The van der Waals surface area contributed by atoms with E-state index in [1.165, 1.54) is 0 Å². The quantitative estimate of drug-likeness (QED) is 0.902. The lowest BCUT2D eigenvalue weighted by Crippen LogP contribution is -2.12. The Bertz CT molecular complexity index is 572. The molecule has 0 aliphatic heterocycles. The van der Waals surface area contributed by atoms with Crippen LogP contribution in [0, 0.1) is 11.8 Å². The van der Waals surface area contributed by atoms with Gasteiger partial charge in [0, 0.05) is 6.54 Å². The molecule has 0 saturated heterocycles. The second kappa shape index (κ2) is 4.80. The van der Waals surface area contributed by atoms with E-state index in [1.807, 2.05) is 10.6 Å². The Balaban J connectivity index is 2.43. The van der Waals surface area contributed by atoms with Crippen LogP contribution in [-0.2, 0) is 6.54 Å². The molecule has 0 aliphatic carbocycles. The molecule has 1 N–H and O–H groups in total. The summed E-state index contributed by atoms with van der Waals surface area (Å²) in [5, 5.41) is 9.11. The number of imidazole rings is 1. The van der Waals surface area contributed by atoms with Crippen LogP contribution in [0.5, 0.6) is 0 Å². The van der Waals surface area contributed by atoms with Crippen molar-refractivity contribution in [1.82, 2.24) is 9.55 Å². The van der Waals surface area contributed by atoms with Crippen LogP contribution in [0.3, 0.4) is 0 Å². The molecule has 4 nitrogen and oxygen atoms in total. The highest BCUT2D eigenvalue weighted by Gasteiger charge is 2.14. The number of hydrogen-bond acceptors (Lipinski definition) is 2. The van der Waals surface area contributed by atoms with Gasteiger partial charge in [0.1, 0.15) is 5.52 Å². The minimum atomic E-state index is -0.928. The number of aromatic carboxylic acids is 1. The first-order chi connectivity index (χ1) is 8.50. The monoisotopic (exact) mass is 246 g/mol. The summed E-state index contributed by atoms with van der Waals surface area (Å²) in [6, 6.07) is 5.28. The molecule has 0 aliphatic rings. The maximum atomic E-state index is 11.1. The molecule has 1 aromatic heterocycles. The van der Waals surface area contributed by atoms with Crippen molar-refractivity contribution in [2.75, 3.05) is 0 Å². The van der Waals surface area contributed by atoms with Gasteiger partial charge in [-0.05, 0) is 24.0 Å². The fraction of sp³-hybridized carbons (Fsp3) is 0.429. The van der Waals surface area contributed by atoms with Gasteiger partial charge in [-0.2, -0.15) is 0 Å². The number of hydrogen-bond donors (Lipinski definition) is 1. The summed E-state index contributed by atoms with van der Waals surface area (Å²) >= 11 is 0. The Morgan fingerprint density at radius 3 is 2.72 bits per heavy atom. The highest BCUT2D eigenvalue weighted by molar-refractivity contribution is 6.00. The smallest absolute Gasteiger partial charge is 0.337 e. The number of para-hydroxylation sites is 1. The van der Waals surface area contributed by atoms with Crippen LogP contribution in [0.1, 0.15) is 31.1 Å². The molecule has 0 saturated carbocycles. The molecular weight excluding hydrogens is 228 g/mol. The van der Waals surface area contributed by atoms with Crippen molar-refractivity contribution in [3.8, 4) is 0 Å². The normalized spacial score (nSPS) is 13.1. The third-order valence-corrected chi connectivity index (χ3v) is 3.50. The molecule has 2 aromatic rings. The fourth-order valence-corrected chi connectivity index (χ4v) is 1.93. The highest BCUT2D eigenvalue weighted by Crippen LogP contribution is 2.20. The van der Waals surface area contributed by atoms with Crippen molar-refractivity contribution in [1.29, 1.82) is 0 Å². The van der Waals surface area contributed by atoms with Crippen LogP contribution in [0.2, 0.25) is 0 Å². The van der Waals surface area contributed by atoms with Crippen LogP contribution in [0.15, 0.2) is 24.5 Å². The van der Waals surface area contributed by atoms with Gasteiger partial charge in [-0.1, -0.05) is 26.8 Å². The van der Waals surface area contributed by atoms with Gasteiger partial charge < -0.3 is 9.67 Å². The average Bonchev–Trinajstić information content (AvgIpc) is 2.72. The molecule has 0 fully saturated rings. The molecule has 4 heteroatoms. The molecule has 18 heavy (non-hydrogen) atoms. The lowest BCUT2D eigenvalue weighted by Gasteiger charge is -2.16. The third kappa shape index (κ3) is 2.23. The zero-order chi connectivity index (χ0) is 13.3. The number of rotatable bonds is 4. The summed E-state index contributed by atoms with van der Waals surface area (Å²) < 4.78 is 2.03. The van der Waals surface area contributed by atoms with Gasteiger partial charge in [-0.3, -0.25) is 0 Å². The lowest BCUT2D eigenvalue weighted by molar-refractivity contribution is 0.0699. The summed E-state index contributed by atoms with van der Waals surface area (Å²) in [5.41, 5.74) is 1.73. The first kappa shape index (κ1) is 12.6. The van der Waals surface area contributed by atoms with E-state index in [2.05, 4.69) is 25.8 Å². The second-order valence-electron chi connectivity index (χ2n) is 5.10. The second-order valence-corrected chi connectivity index (χ2v) is 5.10. The predicted octanol–water partition coefficient (Wildman–Crippen LogP) is 3.03. The van der Waals surface area contributed by atoms with E-state index >= 15 is 0 Å². The van der Waals surface area contributed by atoms with E-state index in [0.717, 1.165) is 12.1 Å². The van der Waals surface area contributed by atoms with Gasteiger partial charge in [0.05, 0.1) is 17.4 Å². The minimum absolute atomic E-state index is 0.267. The lowest BCUT2D eigenvalue weighted by atomic mass is 9.98. The molecule has 0 amide bonds.